The second-order valence-corrected chi connectivity index (χ2v) is 14.2. The van der Waals surface area contributed by atoms with Gasteiger partial charge in [0.25, 0.3) is 6.43 Å². The minimum absolute atomic E-state index is 0.00862. The summed E-state index contributed by atoms with van der Waals surface area (Å²) in [6.45, 7) is 0.529. The fraction of sp³-hybridized carbons (Fsp3) is 0.467. The zero-order chi connectivity index (χ0) is 32.1. The number of sulfone groups is 1. The van der Waals surface area contributed by atoms with E-state index in [1.807, 2.05) is 11.0 Å². The van der Waals surface area contributed by atoms with Crippen LogP contribution < -0.4 is 10.2 Å². The van der Waals surface area contributed by atoms with E-state index in [9.17, 15) is 40.4 Å². The van der Waals surface area contributed by atoms with Crippen molar-refractivity contribution >= 4 is 21.4 Å². The van der Waals surface area contributed by atoms with Crippen LogP contribution in [0, 0.1) is 23.1 Å². The van der Waals surface area contributed by atoms with Gasteiger partial charge in [0.15, 0.2) is 15.7 Å². The fourth-order valence-electron chi connectivity index (χ4n) is 6.14. The van der Waals surface area contributed by atoms with Crippen molar-refractivity contribution in [1.29, 1.82) is 5.26 Å². The van der Waals surface area contributed by atoms with Crippen molar-refractivity contribution in [3.63, 3.8) is 0 Å². The molecule has 238 valence electrons. The molecule has 2 aliphatic carbocycles. The zero-order valence-electron chi connectivity index (χ0n) is 23.9. The first-order valence-electron chi connectivity index (χ1n) is 14.5. The maximum atomic E-state index is 15.0. The molecule has 1 amide bonds. The van der Waals surface area contributed by atoms with Crippen LogP contribution >= 0.6 is 0 Å². The van der Waals surface area contributed by atoms with Crippen LogP contribution in [0.3, 0.4) is 0 Å². The predicted octanol–water partition coefficient (Wildman–Crippen LogP) is 4.94. The highest BCUT2D eigenvalue weighted by Gasteiger charge is 2.51. The standard InChI is InChI=1S/C30H29F5N6O3S/c31-19-3-6-23(37-16-19)41-26(27(32)33)24(18-1-4-20(5-2-18)40-11-13-45(43,44)14-12-40)25(39-41)21-7-8-30(34,35)15-22(21)28(42)38-29(17-36)9-10-29/h1-6,16,21-22,27H,7-15H2,(H,38,42)/t21-,22-/m1/s1. The van der Waals surface area contributed by atoms with Gasteiger partial charge < -0.3 is 10.2 Å². The molecule has 45 heavy (non-hydrogen) atoms. The highest BCUT2D eigenvalue weighted by Crippen LogP contribution is 2.49. The third kappa shape index (κ3) is 6.25. The van der Waals surface area contributed by atoms with Gasteiger partial charge in [0.1, 0.15) is 17.1 Å². The van der Waals surface area contributed by atoms with E-state index in [0.29, 0.717) is 18.5 Å². The van der Waals surface area contributed by atoms with E-state index < -0.39 is 69.8 Å². The summed E-state index contributed by atoms with van der Waals surface area (Å²) in [6, 6.07) is 10.6. The van der Waals surface area contributed by atoms with Crippen molar-refractivity contribution in [3.8, 4) is 23.0 Å². The quantitative estimate of drug-likeness (QED) is 0.361. The Hall–Kier alpha value is -4.06. The van der Waals surface area contributed by atoms with Crippen molar-refractivity contribution in [2.75, 3.05) is 29.5 Å². The number of pyridine rings is 1. The van der Waals surface area contributed by atoms with Gasteiger partial charge in [-0.25, -0.2) is 40.0 Å². The van der Waals surface area contributed by atoms with E-state index in [4.69, 9.17) is 0 Å². The second-order valence-electron chi connectivity index (χ2n) is 11.9. The zero-order valence-corrected chi connectivity index (χ0v) is 24.7. The summed E-state index contributed by atoms with van der Waals surface area (Å²) in [7, 11) is -3.13. The third-order valence-electron chi connectivity index (χ3n) is 8.79. The Balaban J connectivity index is 1.46. The Morgan fingerprint density at radius 3 is 2.33 bits per heavy atom. The number of hydrogen-bond donors (Lipinski definition) is 1. The van der Waals surface area contributed by atoms with Crippen LogP contribution in [-0.4, -0.2) is 65.1 Å². The number of nitriles is 1. The van der Waals surface area contributed by atoms with Gasteiger partial charge in [0.05, 0.1) is 35.4 Å². The van der Waals surface area contributed by atoms with Gasteiger partial charge in [-0.15, -0.1) is 0 Å². The number of benzene rings is 1. The summed E-state index contributed by atoms with van der Waals surface area (Å²) >= 11 is 0. The molecule has 1 saturated heterocycles. The Kier molecular flexibility index (Phi) is 7.83. The molecule has 6 rings (SSSR count). The number of halogens is 5. The van der Waals surface area contributed by atoms with Gasteiger partial charge in [-0.3, -0.25) is 4.79 Å². The van der Waals surface area contributed by atoms with Gasteiger partial charge >= 0.3 is 0 Å². The molecule has 3 aliphatic rings. The lowest BCUT2D eigenvalue weighted by molar-refractivity contribution is -0.134. The summed E-state index contributed by atoms with van der Waals surface area (Å²) in [5.41, 5.74) is -0.861. The fourth-order valence-corrected chi connectivity index (χ4v) is 7.34. The average molecular weight is 649 g/mol. The van der Waals surface area contributed by atoms with Crippen LogP contribution in [0.5, 0.6) is 0 Å². The lowest BCUT2D eigenvalue weighted by Gasteiger charge is -2.35. The lowest BCUT2D eigenvalue weighted by atomic mass is 9.73. The molecular weight excluding hydrogens is 619 g/mol. The number of amides is 1. The monoisotopic (exact) mass is 648 g/mol. The van der Waals surface area contributed by atoms with Crippen molar-refractivity contribution in [3.05, 3.63) is 59.8 Å². The molecule has 0 bridgehead atoms. The highest BCUT2D eigenvalue weighted by atomic mass is 32.2. The van der Waals surface area contributed by atoms with E-state index >= 15 is 0 Å². The molecule has 3 heterocycles. The maximum Gasteiger partial charge on any atom is 0.281 e. The molecule has 9 nitrogen and oxygen atoms in total. The SMILES string of the molecule is N#CC1(NC(=O)[C@@H]2CC(F)(F)CC[C@H]2c2nn(-c3ccc(F)cn3)c(C(F)F)c2-c2ccc(N3CCS(=O)(=O)CC3)cc2)CC1. The van der Waals surface area contributed by atoms with Crippen LogP contribution in [0.25, 0.3) is 16.9 Å². The predicted molar refractivity (Wildman–Crippen MR) is 153 cm³/mol. The van der Waals surface area contributed by atoms with E-state index in [-0.39, 0.29) is 53.7 Å². The van der Waals surface area contributed by atoms with E-state index in [1.165, 1.54) is 0 Å². The van der Waals surface area contributed by atoms with Gasteiger partial charge in [-0.2, -0.15) is 10.4 Å². The summed E-state index contributed by atoms with van der Waals surface area (Å²) in [5.74, 6) is -7.23. The van der Waals surface area contributed by atoms with Gasteiger partial charge in [-0.05, 0) is 49.1 Å². The number of nitrogens with zero attached hydrogens (tertiary/aromatic N) is 5. The van der Waals surface area contributed by atoms with Crippen molar-refractivity contribution < 1.29 is 35.2 Å². The lowest BCUT2D eigenvalue weighted by Crippen LogP contribution is -2.45. The minimum atomic E-state index is -3.20. The van der Waals surface area contributed by atoms with Crippen molar-refractivity contribution in [2.45, 2.75) is 55.9 Å². The van der Waals surface area contributed by atoms with Crippen molar-refractivity contribution in [2.24, 2.45) is 5.92 Å². The van der Waals surface area contributed by atoms with Crippen LogP contribution in [0.2, 0.25) is 0 Å². The number of rotatable bonds is 7. The Morgan fingerprint density at radius 2 is 1.76 bits per heavy atom. The molecular formula is C30H29F5N6O3S. The van der Waals surface area contributed by atoms with Crippen LogP contribution in [0.4, 0.5) is 27.6 Å². The number of hydrogen-bond acceptors (Lipinski definition) is 7. The van der Waals surface area contributed by atoms with E-state index in [2.05, 4.69) is 15.4 Å². The number of nitrogens with one attached hydrogen (secondary N) is 1. The molecule has 2 saturated carbocycles. The van der Waals surface area contributed by atoms with Crippen LogP contribution in [0.1, 0.15) is 55.8 Å². The molecule has 0 spiro atoms. The van der Waals surface area contributed by atoms with Crippen molar-refractivity contribution in [1.82, 2.24) is 20.1 Å². The molecule has 3 aromatic rings. The molecule has 0 radical (unpaired) electrons. The molecule has 1 aliphatic heterocycles. The molecule has 1 aromatic carbocycles. The molecule has 3 fully saturated rings. The van der Waals surface area contributed by atoms with Crippen LogP contribution in [-0.2, 0) is 14.6 Å². The summed E-state index contributed by atoms with van der Waals surface area (Å²) in [6.07, 6.45) is -3.24. The molecule has 2 atom stereocenters. The molecule has 15 heteroatoms. The summed E-state index contributed by atoms with van der Waals surface area (Å²) in [5, 5.41) is 16.5. The second kappa shape index (κ2) is 11.4. The van der Waals surface area contributed by atoms with Gasteiger partial charge in [-0.1, -0.05) is 12.1 Å². The summed E-state index contributed by atoms with van der Waals surface area (Å²) < 4.78 is 97.8. The number of alkyl halides is 4. The topological polar surface area (TPSA) is 121 Å². The molecule has 1 N–H and O–H groups in total. The van der Waals surface area contributed by atoms with Gasteiger partial charge in [0.2, 0.25) is 11.8 Å². The Labute approximate surface area is 256 Å². The third-order valence-corrected chi connectivity index (χ3v) is 10.4. The number of carbonyl (C=O) groups excluding carboxylic acids is 1. The number of aromatic nitrogens is 3. The van der Waals surface area contributed by atoms with E-state index in [1.54, 1.807) is 24.3 Å². The minimum Gasteiger partial charge on any atom is -0.369 e. The van der Waals surface area contributed by atoms with Gasteiger partial charge in [0, 0.05) is 43.1 Å². The van der Waals surface area contributed by atoms with Crippen LogP contribution in [0.15, 0.2) is 42.6 Å². The maximum absolute atomic E-state index is 15.0. The number of carbonyl (C=O) groups is 1. The largest absolute Gasteiger partial charge is 0.369 e. The average Bonchev–Trinajstić information content (AvgIpc) is 3.66. The first kappa shape index (κ1) is 30.9. The molecule has 0 unspecified atom stereocenters. The molecule has 2 aromatic heterocycles. The number of anilines is 1. The smallest absolute Gasteiger partial charge is 0.281 e. The first-order chi connectivity index (χ1) is 21.3. The Morgan fingerprint density at radius 1 is 1.07 bits per heavy atom. The normalized spacial score (nSPS) is 23.4. The Bertz CT molecular complexity index is 1740. The van der Waals surface area contributed by atoms with E-state index in [0.717, 1.165) is 23.0 Å². The first-order valence-corrected chi connectivity index (χ1v) is 16.3. The summed E-state index contributed by atoms with van der Waals surface area (Å²) in [4.78, 5) is 19.2. The highest BCUT2D eigenvalue weighted by molar-refractivity contribution is 7.91.